The molecular formula is C51H33N3O. The normalized spacial score (nSPS) is 11.3. The molecule has 2 aromatic heterocycles. The van der Waals surface area contributed by atoms with E-state index in [0.717, 1.165) is 77.6 Å². The Hall–Kier alpha value is -7.43. The lowest BCUT2D eigenvalue weighted by Crippen LogP contribution is -2.01. The number of nitrogens with zero attached hydrogens (tertiary/aromatic N) is 3. The number of hydrogen-bond acceptors (Lipinski definition) is 4. The minimum absolute atomic E-state index is 0.623. The first-order valence-electron chi connectivity index (χ1n) is 18.4. The Balaban J connectivity index is 0.993. The van der Waals surface area contributed by atoms with E-state index in [-0.39, 0.29) is 0 Å². The van der Waals surface area contributed by atoms with Crippen molar-refractivity contribution in [2.24, 2.45) is 0 Å². The molecule has 0 amide bonds. The van der Waals surface area contributed by atoms with Gasteiger partial charge in [-0.1, -0.05) is 182 Å². The fraction of sp³-hybridized carbons (Fsp3) is 0. The van der Waals surface area contributed by atoms with E-state index >= 15 is 0 Å². The van der Waals surface area contributed by atoms with Gasteiger partial charge in [-0.15, -0.1) is 0 Å². The molecule has 258 valence electrons. The molecule has 0 bridgehead atoms. The van der Waals surface area contributed by atoms with Crippen molar-refractivity contribution in [1.29, 1.82) is 0 Å². The molecule has 8 aromatic carbocycles. The molecule has 0 spiro atoms. The van der Waals surface area contributed by atoms with Crippen LogP contribution in [0, 0.1) is 0 Å². The monoisotopic (exact) mass is 703 g/mol. The lowest BCUT2D eigenvalue weighted by atomic mass is 9.98. The van der Waals surface area contributed by atoms with Crippen LogP contribution in [-0.2, 0) is 0 Å². The molecule has 0 saturated heterocycles. The summed E-state index contributed by atoms with van der Waals surface area (Å²) in [6.45, 7) is 0. The van der Waals surface area contributed by atoms with Crippen molar-refractivity contribution in [1.82, 2.24) is 15.0 Å². The van der Waals surface area contributed by atoms with Gasteiger partial charge in [-0.2, -0.15) is 0 Å². The van der Waals surface area contributed by atoms with Crippen LogP contribution in [0.25, 0.3) is 101 Å². The van der Waals surface area contributed by atoms with Crippen LogP contribution < -0.4 is 0 Å². The first-order chi connectivity index (χ1) is 27.2. The summed E-state index contributed by atoms with van der Waals surface area (Å²) in [5.74, 6) is 1.88. The van der Waals surface area contributed by atoms with E-state index in [4.69, 9.17) is 19.4 Å². The summed E-state index contributed by atoms with van der Waals surface area (Å²) in [5, 5.41) is 2.27. The van der Waals surface area contributed by atoms with Crippen molar-refractivity contribution in [2.75, 3.05) is 0 Å². The Labute approximate surface area is 319 Å². The molecule has 0 radical (unpaired) electrons. The fourth-order valence-electron chi connectivity index (χ4n) is 7.32. The Kier molecular flexibility index (Phi) is 8.12. The minimum atomic E-state index is 0.623. The first-order valence-corrected chi connectivity index (χ1v) is 18.4. The summed E-state index contributed by atoms with van der Waals surface area (Å²) < 4.78 is 6.15. The summed E-state index contributed by atoms with van der Waals surface area (Å²) in [5.41, 5.74) is 13.6. The predicted molar refractivity (Wildman–Crippen MR) is 225 cm³/mol. The van der Waals surface area contributed by atoms with Crippen molar-refractivity contribution in [2.45, 2.75) is 0 Å². The molecule has 0 aliphatic rings. The van der Waals surface area contributed by atoms with Crippen molar-refractivity contribution >= 4 is 21.9 Å². The SMILES string of the molecule is c1ccc(-c2ccc(-c3nc(-c4ccc(-c5ccc(-c6ccc7c(c6)oc6ccccc67)cc5)cc4)nc(-c4ccccc4-c4ccccc4)n3)cc2)cc1. The average molecular weight is 704 g/mol. The van der Waals surface area contributed by atoms with Crippen LogP contribution in [0.1, 0.15) is 0 Å². The van der Waals surface area contributed by atoms with Crippen LogP contribution in [0.4, 0.5) is 0 Å². The van der Waals surface area contributed by atoms with Crippen molar-refractivity contribution in [3.05, 3.63) is 200 Å². The van der Waals surface area contributed by atoms with Crippen LogP contribution >= 0.6 is 0 Å². The summed E-state index contributed by atoms with van der Waals surface area (Å²) >= 11 is 0. The highest BCUT2D eigenvalue weighted by Gasteiger charge is 2.16. The summed E-state index contributed by atoms with van der Waals surface area (Å²) in [7, 11) is 0. The molecule has 4 nitrogen and oxygen atoms in total. The molecular weight excluding hydrogens is 671 g/mol. The van der Waals surface area contributed by atoms with Crippen LogP contribution in [0.2, 0.25) is 0 Å². The molecule has 4 heteroatoms. The molecule has 0 fully saturated rings. The number of furan rings is 1. The second-order valence-corrected chi connectivity index (χ2v) is 13.6. The van der Waals surface area contributed by atoms with Crippen LogP contribution in [-0.4, -0.2) is 15.0 Å². The molecule has 0 unspecified atom stereocenters. The Morgan fingerprint density at radius 1 is 0.255 bits per heavy atom. The maximum atomic E-state index is 6.15. The number of benzene rings is 8. The van der Waals surface area contributed by atoms with E-state index < -0.39 is 0 Å². The zero-order valence-electron chi connectivity index (χ0n) is 29.8. The Morgan fingerprint density at radius 2 is 0.655 bits per heavy atom. The summed E-state index contributed by atoms with van der Waals surface area (Å²) in [6.07, 6.45) is 0. The van der Waals surface area contributed by atoms with Crippen molar-refractivity contribution < 1.29 is 4.42 Å². The van der Waals surface area contributed by atoms with E-state index in [1.54, 1.807) is 0 Å². The van der Waals surface area contributed by atoms with E-state index in [0.29, 0.717) is 17.5 Å². The largest absolute Gasteiger partial charge is 0.456 e. The second-order valence-electron chi connectivity index (χ2n) is 13.6. The molecule has 0 aliphatic heterocycles. The van der Waals surface area contributed by atoms with Gasteiger partial charge in [-0.3, -0.25) is 0 Å². The number of para-hydroxylation sites is 1. The predicted octanol–water partition coefficient (Wildman–Crippen LogP) is 13.4. The van der Waals surface area contributed by atoms with Crippen LogP contribution in [0.5, 0.6) is 0 Å². The standard InChI is InChI=1S/C51H33N3O/c1-3-11-34(12-4-1)35-23-27-40(28-24-35)49-52-50(54-51(53-49)46-17-8-7-15-43(46)39-13-5-2-6-14-39)41-29-25-37(26-30-41)36-19-21-38(22-20-36)42-31-32-45-44-16-9-10-18-47(44)55-48(45)33-42/h1-33H. The first kappa shape index (κ1) is 32.2. The third-order valence-electron chi connectivity index (χ3n) is 10.2. The van der Waals surface area contributed by atoms with E-state index in [2.05, 4.69) is 164 Å². The van der Waals surface area contributed by atoms with Gasteiger partial charge >= 0.3 is 0 Å². The van der Waals surface area contributed by atoms with Gasteiger partial charge in [0, 0.05) is 27.5 Å². The molecule has 0 saturated carbocycles. The molecule has 10 rings (SSSR count). The molecule has 2 heterocycles. The topological polar surface area (TPSA) is 51.8 Å². The van der Waals surface area contributed by atoms with Crippen molar-refractivity contribution in [3.63, 3.8) is 0 Å². The lowest BCUT2D eigenvalue weighted by molar-refractivity contribution is 0.669. The Morgan fingerprint density at radius 3 is 1.25 bits per heavy atom. The third kappa shape index (κ3) is 6.26. The summed E-state index contributed by atoms with van der Waals surface area (Å²) in [6, 6.07) is 69.3. The van der Waals surface area contributed by atoms with Crippen LogP contribution in [0.3, 0.4) is 0 Å². The van der Waals surface area contributed by atoms with Gasteiger partial charge in [-0.05, 0) is 62.7 Å². The lowest BCUT2D eigenvalue weighted by Gasteiger charge is -2.12. The van der Waals surface area contributed by atoms with Gasteiger partial charge < -0.3 is 4.42 Å². The zero-order valence-corrected chi connectivity index (χ0v) is 29.8. The zero-order chi connectivity index (χ0) is 36.6. The highest BCUT2D eigenvalue weighted by molar-refractivity contribution is 6.05. The molecule has 0 N–H and O–H groups in total. The van der Waals surface area contributed by atoms with Gasteiger partial charge in [0.05, 0.1) is 0 Å². The quantitative estimate of drug-likeness (QED) is 0.166. The van der Waals surface area contributed by atoms with E-state index in [1.807, 2.05) is 36.4 Å². The van der Waals surface area contributed by atoms with Gasteiger partial charge in [0.2, 0.25) is 0 Å². The number of hydrogen-bond donors (Lipinski definition) is 0. The van der Waals surface area contributed by atoms with Gasteiger partial charge in [0.25, 0.3) is 0 Å². The Bertz CT molecular complexity index is 2930. The average Bonchev–Trinajstić information content (AvgIpc) is 3.65. The number of fused-ring (bicyclic) bond motifs is 3. The highest BCUT2D eigenvalue weighted by Crippen LogP contribution is 2.35. The summed E-state index contributed by atoms with van der Waals surface area (Å²) in [4.78, 5) is 15.2. The van der Waals surface area contributed by atoms with Crippen molar-refractivity contribution in [3.8, 4) is 78.7 Å². The van der Waals surface area contributed by atoms with E-state index in [1.165, 1.54) is 5.56 Å². The number of rotatable bonds is 7. The maximum absolute atomic E-state index is 6.15. The minimum Gasteiger partial charge on any atom is -0.456 e. The van der Waals surface area contributed by atoms with Crippen LogP contribution in [0.15, 0.2) is 205 Å². The molecule has 10 aromatic rings. The highest BCUT2D eigenvalue weighted by atomic mass is 16.3. The molecule has 0 atom stereocenters. The molecule has 0 aliphatic carbocycles. The third-order valence-corrected chi connectivity index (χ3v) is 10.2. The smallest absolute Gasteiger partial charge is 0.164 e. The van der Waals surface area contributed by atoms with Gasteiger partial charge in [-0.25, -0.2) is 15.0 Å². The fourth-order valence-corrected chi connectivity index (χ4v) is 7.32. The maximum Gasteiger partial charge on any atom is 0.164 e. The molecule has 55 heavy (non-hydrogen) atoms. The van der Waals surface area contributed by atoms with E-state index in [9.17, 15) is 0 Å². The second kappa shape index (κ2) is 13.8. The van der Waals surface area contributed by atoms with Gasteiger partial charge in [0.15, 0.2) is 17.5 Å². The van der Waals surface area contributed by atoms with Gasteiger partial charge in [0.1, 0.15) is 11.2 Å². The number of aromatic nitrogens is 3.